The number of benzene rings is 1. The smallest absolute Gasteiger partial charge is 0.138 e. The molecule has 0 radical (unpaired) electrons. The van der Waals surface area contributed by atoms with Crippen molar-refractivity contribution >= 4 is 27.4 Å². The van der Waals surface area contributed by atoms with E-state index in [1.807, 2.05) is 6.07 Å². The predicted octanol–water partition coefficient (Wildman–Crippen LogP) is 4.59. The fraction of sp³-hybridized carbons (Fsp3) is 0.412. The number of fused-ring (bicyclic) bond motifs is 1. The van der Waals surface area contributed by atoms with E-state index in [2.05, 4.69) is 57.0 Å². The lowest BCUT2D eigenvalue weighted by atomic mass is 9.97. The third kappa shape index (κ3) is 2.46. The van der Waals surface area contributed by atoms with E-state index in [0.717, 1.165) is 29.1 Å². The molecule has 2 aromatic rings. The van der Waals surface area contributed by atoms with E-state index < -0.39 is 0 Å². The van der Waals surface area contributed by atoms with Gasteiger partial charge in [0.15, 0.2) is 0 Å². The van der Waals surface area contributed by atoms with Crippen LogP contribution in [0.1, 0.15) is 43.5 Å². The lowest BCUT2D eigenvalue weighted by molar-refractivity contribution is 0.611. The summed E-state index contributed by atoms with van der Waals surface area (Å²) in [5, 5.41) is 0. The molecule has 3 nitrogen and oxygen atoms in total. The highest BCUT2D eigenvalue weighted by molar-refractivity contribution is 9.10. The number of halogens is 1. The van der Waals surface area contributed by atoms with Crippen LogP contribution in [-0.4, -0.2) is 16.0 Å². The SMILES string of the molecule is CC1CCc2ccccc2N1c1cc(Br)nc(C2CC2)n1. The van der Waals surface area contributed by atoms with Crippen molar-refractivity contribution < 1.29 is 0 Å². The molecule has 1 unspecified atom stereocenters. The zero-order valence-corrected chi connectivity index (χ0v) is 13.7. The largest absolute Gasteiger partial charge is 0.323 e. The van der Waals surface area contributed by atoms with E-state index in [9.17, 15) is 0 Å². The van der Waals surface area contributed by atoms with E-state index in [1.54, 1.807) is 0 Å². The molecule has 1 saturated carbocycles. The van der Waals surface area contributed by atoms with E-state index in [4.69, 9.17) is 4.98 Å². The first-order valence-corrected chi connectivity index (χ1v) is 8.43. The highest BCUT2D eigenvalue weighted by Crippen LogP contribution is 2.41. The third-order valence-corrected chi connectivity index (χ3v) is 4.82. The zero-order valence-electron chi connectivity index (χ0n) is 12.1. The Bertz CT molecular complexity index is 681. The lowest BCUT2D eigenvalue weighted by Gasteiger charge is -2.36. The fourth-order valence-corrected chi connectivity index (χ4v) is 3.49. The summed E-state index contributed by atoms with van der Waals surface area (Å²) in [7, 11) is 0. The van der Waals surface area contributed by atoms with Crippen molar-refractivity contribution in [2.75, 3.05) is 4.90 Å². The second-order valence-corrected chi connectivity index (χ2v) is 6.88. The first kappa shape index (κ1) is 13.3. The number of aromatic nitrogens is 2. The first-order valence-electron chi connectivity index (χ1n) is 7.64. The number of hydrogen-bond acceptors (Lipinski definition) is 3. The Morgan fingerprint density at radius 3 is 2.76 bits per heavy atom. The molecule has 0 amide bonds. The third-order valence-electron chi connectivity index (χ3n) is 4.41. The van der Waals surface area contributed by atoms with Crippen molar-refractivity contribution in [3.63, 3.8) is 0 Å². The molecule has 1 aliphatic carbocycles. The maximum absolute atomic E-state index is 4.85. The minimum absolute atomic E-state index is 0.466. The maximum atomic E-state index is 4.85. The monoisotopic (exact) mass is 343 g/mol. The Balaban J connectivity index is 1.82. The second kappa shape index (κ2) is 5.09. The molecule has 21 heavy (non-hydrogen) atoms. The summed E-state index contributed by atoms with van der Waals surface area (Å²) in [6, 6.07) is 11.2. The van der Waals surface area contributed by atoms with Crippen molar-refractivity contribution in [1.82, 2.24) is 9.97 Å². The number of hydrogen-bond donors (Lipinski definition) is 0. The molecular formula is C17H18BrN3. The van der Waals surface area contributed by atoms with E-state index in [1.165, 1.54) is 24.1 Å². The van der Waals surface area contributed by atoms with Gasteiger partial charge in [0.25, 0.3) is 0 Å². The first-order chi connectivity index (χ1) is 10.2. The molecule has 0 saturated heterocycles. The van der Waals surface area contributed by atoms with Crippen molar-refractivity contribution in [3.05, 3.63) is 46.3 Å². The molecule has 108 valence electrons. The van der Waals surface area contributed by atoms with Gasteiger partial charge in [0.1, 0.15) is 16.2 Å². The zero-order chi connectivity index (χ0) is 14.4. The Kier molecular flexibility index (Phi) is 3.21. The molecule has 0 bridgehead atoms. The van der Waals surface area contributed by atoms with Gasteiger partial charge in [-0.05, 0) is 60.2 Å². The van der Waals surface area contributed by atoms with Gasteiger partial charge in [-0.15, -0.1) is 0 Å². The van der Waals surface area contributed by atoms with Crippen LogP contribution in [0.5, 0.6) is 0 Å². The molecule has 4 rings (SSSR count). The van der Waals surface area contributed by atoms with Crippen LogP contribution in [0, 0.1) is 0 Å². The van der Waals surface area contributed by atoms with E-state index in [-0.39, 0.29) is 0 Å². The standard InChI is InChI=1S/C17H18BrN3/c1-11-6-7-12-4-2-3-5-14(12)21(11)16-10-15(18)19-17(20-16)13-8-9-13/h2-5,10-11,13H,6-9H2,1H3. The van der Waals surface area contributed by atoms with Gasteiger partial charge in [-0.3, -0.25) is 0 Å². The molecule has 1 aromatic carbocycles. The normalized spacial score (nSPS) is 21.2. The van der Waals surface area contributed by atoms with Gasteiger partial charge in [0.2, 0.25) is 0 Å². The van der Waals surface area contributed by atoms with Crippen LogP contribution in [0.25, 0.3) is 0 Å². The quantitative estimate of drug-likeness (QED) is 0.746. The van der Waals surface area contributed by atoms with E-state index in [0.29, 0.717) is 12.0 Å². The molecule has 0 N–H and O–H groups in total. The fourth-order valence-electron chi connectivity index (χ4n) is 3.11. The number of para-hydroxylation sites is 1. The number of rotatable bonds is 2. The van der Waals surface area contributed by atoms with Gasteiger partial charge < -0.3 is 4.90 Å². The Hall–Kier alpha value is -1.42. The topological polar surface area (TPSA) is 29.0 Å². The summed E-state index contributed by atoms with van der Waals surface area (Å²) in [6.07, 6.45) is 4.76. The summed E-state index contributed by atoms with van der Waals surface area (Å²) in [5.74, 6) is 2.59. The van der Waals surface area contributed by atoms with Crippen LogP contribution < -0.4 is 4.90 Å². The van der Waals surface area contributed by atoms with Crippen LogP contribution in [0.4, 0.5) is 11.5 Å². The molecule has 4 heteroatoms. The van der Waals surface area contributed by atoms with Gasteiger partial charge in [0, 0.05) is 23.7 Å². The van der Waals surface area contributed by atoms with Crippen LogP contribution in [0.2, 0.25) is 0 Å². The summed E-state index contributed by atoms with van der Waals surface area (Å²) in [6.45, 7) is 2.28. The Morgan fingerprint density at radius 2 is 1.95 bits per heavy atom. The van der Waals surface area contributed by atoms with Crippen LogP contribution in [-0.2, 0) is 6.42 Å². The number of nitrogens with zero attached hydrogens (tertiary/aromatic N) is 3. The summed E-state index contributed by atoms with van der Waals surface area (Å²) in [4.78, 5) is 11.8. The number of anilines is 2. The second-order valence-electron chi connectivity index (χ2n) is 6.07. The van der Waals surface area contributed by atoms with Crippen molar-refractivity contribution in [2.24, 2.45) is 0 Å². The number of aryl methyl sites for hydroxylation is 1. The lowest BCUT2D eigenvalue weighted by Crippen LogP contribution is -2.34. The van der Waals surface area contributed by atoms with E-state index >= 15 is 0 Å². The molecule has 1 fully saturated rings. The van der Waals surface area contributed by atoms with Gasteiger partial charge in [-0.25, -0.2) is 9.97 Å². The molecule has 2 heterocycles. The van der Waals surface area contributed by atoms with Gasteiger partial charge in [-0.1, -0.05) is 18.2 Å². The van der Waals surface area contributed by atoms with Crippen LogP contribution >= 0.6 is 15.9 Å². The highest BCUT2D eigenvalue weighted by Gasteiger charge is 2.30. The van der Waals surface area contributed by atoms with Crippen molar-refractivity contribution in [2.45, 2.75) is 44.6 Å². The molecular weight excluding hydrogens is 326 g/mol. The Morgan fingerprint density at radius 1 is 1.14 bits per heavy atom. The average molecular weight is 344 g/mol. The average Bonchev–Trinajstić information content (AvgIpc) is 3.31. The van der Waals surface area contributed by atoms with Crippen LogP contribution in [0.15, 0.2) is 34.9 Å². The van der Waals surface area contributed by atoms with Crippen LogP contribution in [0.3, 0.4) is 0 Å². The Labute approximate surface area is 133 Å². The summed E-state index contributed by atoms with van der Waals surface area (Å²) < 4.78 is 0.893. The predicted molar refractivity (Wildman–Crippen MR) is 88.1 cm³/mol. The van der Waals surface area contributed by atoms with Gasteiger partial charge in [-0.2, -0.15) is 0 Å². The van der Waals surface area contributed by atoms with Gasteiger partial charge in [0.05, 0.1) is 0 Å². The minimum atomic E-state index is 0.466. The molecule has 2 aliphatic rings. The molecule has 0 spiro atoms. The molecule has 1 atom stereocenters. The summed E-state index contributed by atoms with van der Waals surface area (Å²) >= 11 is 3.56. The molecule has 1 aliphatic heterocycles. The van der Waals surface area contributed by atoms with Gasteiger partial charge >= 0.3 is 0 Å². The van der Waals surface area contributed by atoms with Crippen molar-refractivity contribution in [1.29, 1.82) is 0 Å². The van der Waals surface area contributed by atoms with Crippen molar-refractivity contribution in [3.8, 4) is 0 Å². The highest BCUT2D eigenvalue weighted by atomic mass is 79.9. The maximum Gasteiger partial charge on any atom is 0.138 e. The minimum Gasteiger partial charge on any atom is -0.323 e. The summed E-state index contributed by atoms with van der Waals surface area (Å²) in [5.41, 5.74) is 2.71. The molecule has 1 aromatic heterocycles.